The maximum absolute atomic E-state index is 12.8. The fraction of sp³-hybridized carbons (Fsp3) is 0.385. The summed E-state index contributed by atoms with van der Waals surface area (Å²) in [6.07, 6.45) is 0. The molecule has 0 bridgehead atoms. The molecule has 1 aromatic rings. The van der Waals surface area contributed by atoms with Crippen LogP contribution in [0.1, 0.15) is 5.56 Å². The predicted octanol–water partition coefficient (Wildman–Crippen LogP) is 1.32. The second kappa shape index (κ2) is 4.75. The fourth-order valence-electron chi connectivity index (χ4n) is 1.84. The van der Waals surface area contributed by atoms with Gasteiger partial charge in [-0.25, -0.2) is 4.39 Å². The number of halogens is 1. The second-order valence-corrected chi connectivity index (χ2v) is 4.47. The van der Waals surface area contributed by atoms with E-state index < -0.39 is 5.41 Å². The SMILES string of the molecule is CN(Cc1ccc(F)cc1)C(=O)C1(C#N)COC1. The third-order valence-corrected chi connectivity index (χ3v) is 3.00. The molecule has 2 rings (SSSR count). The van der Waals surface area contributed by atoms with Crippen LogP contribution in [0.3, 0.4) is 0 Å². The Balaban J connectivity index is 2.04. The Morgan fingerprint density at radius 2 is 2.11 bits per heavy atom. The summed E-state index contributed by atoms with van der Waals surface area (Å²) in [5.74, 6) is -0.561. The Morgan fingerprint density at radius 3 is 2.56 bits per heavy atom. The predicted molar refractivity (Wildman–Crippen MR) is 61.7 cm³/mol. The van der Waals surface area contributed by atoms with Crippen LogP contribution in [-0.2, 0) is 16.1 Å². The summed E-state index contributed by atoms with van der Waals surface area (Å²) in [6.45, 7) is 0.648. The molecule has 0 saturated carbocycles. The maximum Gasteiger partial charge on any atom is 0.247 e. The number of carbonyl (C=O) groups excluding carboxylic acids is 1. The molecule has 18 heavy (non-hydrogen) atoms. The van der Waals surface area contributed by atoms with E-state index in [9.17, 15) is 9.18 Å². The minimum atomic E-state index is -1.03. The van der Waals surface area contributed by atoms with Crippen molar-refractivity contribution in [2.75, 3.05) is 20.3 Å². The first-order chi connectivity index (χ1) is 8.57. The van der Waals surface area contributed by atoms with E-state index in [1.54, 1.807) is 19.2 Å². The molecule has 0 unspecified atom stereocenters. The van der Waals surface area contributed by atoms with Crippen LogP contribution >= 0.6 is 0 Å². The number of hydrogen-bond acceptors (Lipinski definition) is 3. The smallest absolute Gasteiger partial charge is 0.247 e. The maximum atomic E-state index is 12.8. The van der Waals surface area contributed by atoms with Crippen LogP contribution in [0.4, 0.5) is 4.39 Å². The lowest BCUT2D eigenvalue weighted by Crippen LogP contribution is -2.53. The van der Waals surface area contributed by atoms with E-state index in [0.717, 1.165) is 5.56 Å². The Kier molecular flexibility index (Phi) is 3.30. The average molecular weight is 248 g/mol. The zero-order valence-electron chi connectivity index (χ0n) is 10.0. The molecule has 1 aliphatic rings. The van der Waals surface area contributed by atoms with Gasteiger partial charge in [0.25, 0.3) is 0 Å². The topological polar surface area (TPSA) is 53.3 Å². The van der Waals surface area contributed by atoms with Gasteiger partial charge in [-0.1, -0.05) is 12.1 Å². The van der Waals surface area contributed by atoms with Crippen molar-refractivity contribution in [2.45, 2.75) is 6.54 Å². The molecule has 1 saturated heterocycles. The molecule has 1 fully saturated rings. The van der Waals surface area contributed by atoms with Gasteiger partial charge in [0.05, 0.1) is 19.3 Å². The lowest BCUT2D eigenvalue weighted by atomic mass is 9.86. The van der Waals surface area contributed by atoms with Gasteiger partial charge in [-0.15, -0.1) is 0 Å². The van der Waals surface area contributed by atoms with E-state index in [-0.39, 0.29) is 24.9 Å². The van der Waals surface area contributed by atoms with E-state index in [2.05, 4.69) is 0 Å². The largest absolute Gasteiger partial charge is 0.377 e. The normalized spacial score (nSPS) is 16.5. The van der Waals surface area contributed by atoms with Crippen LogP contribution in [0.15, 0.2) is 24.3 Å². The van der Waals surface area contributed by atoms with Gasteiger partial charge in [-0.05, 0) is 17.7 Å². The third kappa shape index (κ3) is 2.20. The van der Waals surface area contributed by atoms with Crippen molar-refractivity contribution in [1.29, 1.82) is 5.26 Å². The molecule has 0 atom stereocenters. The van der Waals surface area contributed by atoms with Gasteiger partial charge in [0.15, 0.2) is 5.41 Å². The highest BCUT2D eigenvalue weighted by molar-refractivity contribution is 5.86. The van der Waals surface area contributed by atoms with Gasteiger partial charge in [-0.2, -0.15) is 5.26 Å². The van der Waals surface area contributed by atoms with Crippen molar-refractivity contribution in [3.63, 3.8) is 0 Å². The highest BCUT2D eigenvalue weighted by Gasteiger charge is 2.48. The summed E-state index contributed by atoms with van der Waals surface area (Å²) in [7, 11) is 1.63. The van der Waals surface area contributed by atoms with Crippen LogP contribution in [0.2, 0.25) is 0 Å². The van der Waals surface area contributed by atoms with Crippen molar-refractivity contribution in [1.82, 2.24) is 4.90 Å². The quantitative estimate of drug-likeness (QED) is 0.810. The number of carbonyl (C=O) groups is 1. The average Bonchev–Trinajstić information content (AvgIpc) is 2.31. The van der Waals surface area contributed by atoms with E-state index >= 15 is 0 Å². The molecule has 0 aromatic heterocycles. The third-order valence-electron chi connectivity index (χ3n) is 3.00. The number of ether oxygens (including phenoxy) is 1. The van der Waals surface area contributed by atoms with Gasteiger partial charge in [0.2, 0.25) is 5.91 Å². The lowest BCUT2D eigenvalue weighted by Gasteiger charge is -2.36. The van der Waals surface area contributed by atoms with Crippen LogP contribution in [0.25, 0.3) is 0 Å². The molecule has 1 aliphatic heterocycles. The minimum Gasteiger partial charge on any atom is -0.377 e. The fourth-order valence-corrected chi connectivity index (χ4v) is 1.84. The highest BCUT2D eigenvalue weighted by atomic mass is 19.1. The highest BCUT2D eigenvalue weighted by Crippen LogP contribution is 2.29. The zero-order chi connectivity index (χ0) is 13.2. The van der Waals surface area contributed by atoms with E-state index in [1.165, 1.54) is 17.0 Å². The summed E-state index contributed by atoms with van der Waals surface area (Å²) < 4.78 is 17.7. The van der Waals surface area contributed by atoms with Crippen LogP contribution in [0.5, 0.6) is 0 Å². The lowest BCUT2D eigenvalue weighted by molar-refractivity contribution is -0.160. The summed E-state index contributed by atoms with van der Waals surface area (Å²) in [5.41, 5.74) is -0.213. The Hall–Kier alpha value is -1.93. The van der Waals surface area contributed by atoms with Crippen molar-refractivity contribution in [3.8, 4) is 6.07 Å². The number of benzene rings is 1. The first kappa shape index (κ1) is 12.5. The van der Waals surface area contributed by atoms with E-state index in [0.29, 0.717) is 6.54 Å². The van der Waals surface area contributed by atoms with Crippen LogP contribution in [-0.4, -0.2) is 31.1 Å². The molecule has 1 amide bonds. The van der Waals surface area contributed by atoms with Gasteiger partial charge >= 0.3 is 0 Å². The Bertz CT molecular complexity index is 489. The number of nitriles is 1. The number of nitrogens with zero attached hydrogens (tertiary/aromatic N) is 2. The molecule has 1 heterocycles. The molecule has 0 aliphatic carbocycles. The van der Waals surface area contributed by atoms with Crippen LogP contribution < -0.4 is 0 Å². The molecule has 0 N–H and O–H groups in total. The second-order valence-electron chi connectivity index (χ2n) is 4.47. The number of rotatable bonds is 3. The number of amides is 1. The molecule has 94 valence electrons. The van der Waals surface area contributed by atoms with E-state index in [4.69, 9.17) is 10.00 Å². The number of hydrogen-bond donors (Lipinski definition) is 0. The van der Waals surface area contributed by atoms with Gasteiger partial charge in [0.1, 0.15) is 5.82 Å². The molecule has 0 spiro atoms. The van der Waals surface area contributed by atoms with Crippen molar-refractivity contribution >= 4 is 5.91 Å². The minimum absolute atomic E-state index is 0.149. The van der Waals surface area contributed by atoms with Crippen LogP contribution in [0, 0.1) is 22.6 Å². The molecule has 4 nitrogen and oxygen atoms in total. The summed E-state index contributed by atoms with van der Waals surface area (Å²) in [5, 5.41) is 9.03. The molecule has 5 heteroatoms. The van der Waals surface area contributed by atoms with Crippen molar-refractivity contribution in [2.24, 2.45) is 5.41 Å². The molecule has 0 radical (unpaired) electrons. The molecular weight excluding hydrogens is 235 g/mol. The first-order valence-corrected chi connectivity index (χ1v) is 5.56. The summed E-state index contributed by atoms with van der Waals surface area (Å²) in [6, 6.07) is 7.95. The summed E-state index contributed by atoms with van der Waals surface area (Å²) >= 11 is 0. The van der Waals surface area contributed by atoms with E-state index in [1.807, 2.05) is 6.07 Å². The standard InChI is InChI=1S/C13H13FN2O2/c1-16(6-10-2-4-11(14)5-3-10)12(17)13(7-15)8-18-9-13/h2-5H,6,8-9H2,1H3. The summed E-state index contributed by atoms with van der Waals surface area (Å²) in [4.78, 5) is 13.6. The first-order valence-electron chi connectivity index (χ1n) is 5.56. The van der Waals surface area contributed by atoms with Crippen molar-refractivity contribution < 1.29 is 13.9 Å². The Morgan fingerprint density at radius 1 is 1.50 bits per heavy atom. The zero-order valence-corrected chi connectivity index (χ0v) is 10.0. The Labute approximate surface area is 105 Å². The molecule has 1 aromatic carbocycles. The van der Waals surface area contributed by atoms with Gasteiger partial charge in [0, 0.05) is 13.6 Å². The van der Waals surface area contributed by atoms with Gasteiger partial charge in [-0.3, -0.25) is 4.79 Å². The monoisotopic (exact) mass is 248 g/mol. The van der Waals surface area contributed by atoms with Gasteiger partial charge < -0.3 is 9.64 Å². The molecular formula is C13H13FN2O2. The van der Waals surface area contributed by atoms with Crippen molar-refractivity contribution in [3.05, 3.63) is 35.6 Å².